The molecule has 0 atom stereocenters. The Labute approximate surface area is 177 Å². The first-order chi connectivity index (χ1) is 14.6. The van der Waals surface area contributed by atoms with Crippen LogP contribution in [0.2, 0.25) is 0 Å². The van der Waals surface area contributed by atoms with Gasteiger partial charge < -0.3 is 14.8 Å². The summed E-state index contributed by atoms with van der Waals surface area (Å²) in [7, 11) is -2.61. The number of halogens is 1. The maximum Gasteiger partial charge on any atom is 0.276 e. The number of anilines is 1. The summed E-state index contributed by atoms with van der Waals surface area (Å²) < 4.78 is 51.7. The number of hydrogen-bond acceptors (Lipinski definition) is 7. The fraction of sp³-hybridized carbons (Fsp3) is 0.316. The van der Waals surface area contributed by atoms with Gasteiger partial charge in [-0.1, -0.05) is 0 Å². The molecule has 166 valence electrons. The van der Waals surface area contributed by atoms with Gasteiger partial charge in [0.1, 0.15) is 16.5 Å². The average molecular weight is 453 g/mol. The SMILES string of the molecule is COc1ccc(NC(=O)c2cc(F)c(C)c([N+](=O)[O-])c2)cc1S(=O)(=O)N1CCOCC1. The number of rotatable bonds is 6. The van der Waals surface area contributed by atoms with Crippen molar-refractivity contribution in [3.05, 3.63) is 57.4 Å². The average Bonchev–Trinajstić information content (AvgIpc) is 2.75. The molecule has 0 bridgehead atoms. The van der Waals surface area contributed by atoms with E-state index in [2.05, 4.69) is 5.32 Å². The second-order valence-corrected chi connectivity index (χ2v) is 8.60. The topological polar surface area (TPSA) is 128 Å². The van der Waals surface area contributed by atoms with Crippen LogP contribution in [-0.4, -0.2) is 57.0 Å². The van der Waals surface area contributed by atoms with E-state index < -0.39 is 32.4 Å². The third-order valence-corrected chi connectivity index (χ3v) is 6.70. The quantitative estimate of drug-likeness (QED) is 0.525. The van der Waals surface area contributed by atoms with Crippen molar-refractivity contribution in [3.8, 4) is 5.75 Å². The summed E-state index contributed by atoms with van der Waals surface area (Å²) in [6.07, 6.45) is 0. The van der Waals surface area contributed by atoms with Crippen molar-refractivity contribution in [3.63, 3.8) is 0 Å². The van der Waals surface area contributed by atoms with E-state index in [1.165, 1.54) is 36.5 Å². The molecule has 12 heteroatoms. The molecule has 10 nitrogen and oxygen atoms in total. The van der Waals surface area contributed by atoms with Crippen molar-refractivity contribution in [2.45, 2.75) is 11.8 Å². The Balaban J connectivity index is 1.93. The molecule has 2 aromatic rings. The molecular formula is C19H20FN3O7S. The van der Waals surface area contributed by atoms with Gasteiger partial charge >= 0.3 is 0 Å². The number of methoxy groups -OCH3 is 1. The lowest BCUT2D eigenvalue weighted by Crippen LogP contribution is -2.40. The fourth-order valence-corrected chi connectivity index (χ4v) is 4.66. The van der Waals surface area contributed by atoms with E-state index in [9.17, 15) is 27.7 Å². The maximum atomic E-state index is 14.0. The van der Waals surface area contributed by atoms with Gasteiger partial charge in [-0.3, -0.25) is 14.9 Å². The molecule has 1 amide bonds. The lowest BCUT2D eigenvalue weighted by atomic mass is 10.1. The molecule has 1 saturated heterocycles. The van der Waals surface area contributed by atoms with E-state index in [4.69, 9.17) is 9.47 Å². The minimum Gasteiger partial charge on any atom is -0.495 e. The van der Waals surface area contributed by atoms with Crippen LogP contribution in [0.5, 0.6) is 5.75 Å². The first-order valence-corrected chi connectivity index (χ1v) is 10.6. The van der Waals surface area contributed by atoms with Gasteiger partial charge in [-0.15, -0.1) is 0 Å². The first kappa shape index (κ1) is 22.6. The highest BCUT2D eigenvalue weighted by molar-refractivity contribution is 7.89. The molecular weight excluding hydrogens is 433 g/mol. The molecule has 0 unspecified atom stereocenters. The highest BCUT2D eigenvalue weighted by Gasteiger charge is 2.30. The standard InChI is InChI=1S/C19H20FN3O7S/c1-12-15(20)9-13(10-16(12)23(25)26)19(24)21-14-3-4-17(29-2)18(11-14)31(27,28)22-5-7-30-8-6-22/h3-4,9-11H,5-8H2,1-2H3,(H,21,24). The Morgan fingerprint density at radius 1 is 1.26 bits per heavy atom. The van der Waals surface area contributed by atoms with Gasteiger partial charge in [0.25, 0.3) is 11.6 Å². The summed E-state index contributed by atoms with van der Waals surface area (Å²) in [5.41, 5.74) is -0.898. The van der Waals surface area contributed by atoms with Crippen LogP contribution in [0.15, 0.2) is 35.2 Å². The van der Waals surface area contributed by atoms with Crippen LogP contribution in [0.25, 0.3) is 0 Å². The molecule has 0 spiro atoms. The van der Waals surface area contributed by atoms with Crippen LogP contribution in [0.4, 0.5) is 15.8 Å². The number of carbonyl (C=O) groups is 1. The van der Waals surface area contributed by atoms with Crippen molar-refractivity contribution in [2.75, 3.05) is 38.7 Å². The molecule has 1 fully saturated rings. The summed E-state index contributed by atoms with van der Waals surface area (Å²) in [5.74, 6) is -1.65. The Kier molecular flexibility index (Phi) is 6.53. The fourth-order valence-electron chi connectivity index (χ4n) is 3.07. The van der Waals surface area contributed by atoms with E-state index in [0.29, 0.717) is 0 Å². The summed E-state index contributed by atoms with van der Waals surface area (Å²) in [6, 6.07) is 5.85. The molecule has 0 radical (unpaired) electrons. The molecule has 3 rings (SSSR count). The van der Waals surface area contributed by atoms with Crippen molar-refractivity contribution in [1.82, 2.24) is 4.31 Å². The van der Waals surface area contributed by atoms with Crippen LogP contribution in [-0.2, 0) is 14.8 Å². The number of nitro groups is 1. The largest absolute Gasteiger partial charge is 0.495 e. The number of sulfonamides is 1. The second-order valence-electron chi connectivity index (χ2n) is 6.70. The van der Waals surface area contributed by atoms with Gasteiger partial charge in [0.05, 0.1) is 30.8 Å². The van der Waals surface area contributed by atoms with Crippen LogP contribution in [0.3, 0.4) is 0 Å². The van der Waals surface area contributed by atoms with Gasteiger partial charge in [0.2, 0.25) is 10.0 Å². The van der Waals surface area contributed by atoms with Crippen LogP contribution in [0.1, 0.15) is 15.9 Å². The van der Waals surface area contributed by atoms with E-state index in [0.717, 1.165) is 12.1 Å². The summed E-state index contributed by atoms with van der Waals surface area (Å²) in [5, 5.41) is 13.5. The van der Waals surface area contributed by atoms with E-state index in [1.807, 2.05) is 0 Å². The Hall–Kier alpha value is -3.09. The zero-order chi connectivity index (χ0) is 22.8. The molecule has 1 aliphatic heterocycles. The zero-order valence-electron chi connectivity index (χ0n) is 16.8. The molecule has 2 aromatic carbocycles. The lowest BCUT2D eigenvalue weighted by molar-refractivity contribution is -0.385. The number of ether oxygens (including phenoxy) is 2. The second kappa shape index (κ2) is 8.96. The van der Waals surface area contributed by atoms with E-state index in [-0.39, 0.29) is 53.8 Å². The van der Waals surface area contributed by atoms with Gasteiger partial charge in [0.15, 0.2) is 0 Å². The normalized spacial score (nSPS) is 14.8. The molecule has 1 heterocycles. The molecule has 0 saturated carbocycles. The van der Waals surface area contributed by atoms with Gasteiger partial charge in [-0.2, -0.15) is 4.31 Å². The highest BCUT2D eigenvalue weighted by Crippen LogP contribution is 2.31. The zero-order valence-corrected chi connectivity index (χ0v) is 17.6. The minimum absolute atomic E-state index is 0.0847. The Morgan fingerprint density at radius 2 is 1.94 bits per heavy atom. The third-order valence-electron chi connectivity index (χ3n) is 4.79. The molecule has 1 N–H and O–H groups in total. The van der Waals surface area contributed by atoms with Gasteiger partial charge in [0, 0.05) is 30.4 Å². The molecule has 0 aliphatic carbocycles. The summed E-state index contributed by atoms with van der Waals surface area (Å²) in [6.45, 7) is 2.11. The maximum absolute atomic E-state index is 14.0. The first-order valence-electron chi connectivity index (χ1n) is 9.17. The molecule has 1 aliphatic rings. The molecule has 0 aromatic heterocycles. The summed E-state index contributed by atoms with van der Waals surface area (Å²) in [4.78, 5) is 22.7. The Morgan fingerprint density at radius 3 is 2.55 bits per heavy atom. The van der Waals surface area contributed by atoms with E-state index >= 15 is 0 Å². The number of carbonyl (C=O) groups excluding carboxylic acids is 1. The van der Waals surface area contributed by atoms with Crippen molar-refractivity contribution in [1.29, 1.82) is 0 Å². The Bertz CT molecular complexity index is 1130. The third kappa shape index (κ3) is 4.65. The highest BCUT2D eigenvalue weighted by atomic mass is 32.2. The molecule has 31 heavy (non-hydrogen) atoms. The smallest absolute Gasteiger partial charge is 0.276 e. The lowest BCUT2D eigenvalue weighted by Gasteiger charge is -2.26. The van der Waals surface area contributed by atoms with Crippen LogP contribution in [0, 0.1) is 22.9 Å². The summed E-state index contributed by atoms with van der Waals surface area (Å²) >= 11 is 0. The van der Waals surface area contributed by atoms with Gasteiger partial charge in [-0.25, -0.2) is 12.8 Å². The number of amides is 1. The predicted molar refractivity (Wildman–Crippen MR) is 108 cm³/mol. The number of hydrogen-bond donors (Lipinski definition) is 1. The monoisotopic (exact) mass is 453 g/mol. The number of morpholine rings is 1. The minimum atomic E-state index is -3.93. The number of nitrogens with one attached hydrogen (secondary N) is 1. The predicted octanol–water partition coefficient (Wildman–Crippen LogP) is 2.32. The number of benzene rings is 2. The van der Waals surface area contributed by atoms with Gasteiger partial charge in [-0.05, 0) is 31.2 Å². The van der Waals surface area contributed by atoms with Crippen LogP contribution < -0.4 is 10.1 Å². The number of nitro benzene ring substituents is 1. The van der Waals surface area contributed by atoms with Crippen molar-refractivity contribution in [2.24, 2.45) is 0 Å². The van der Waals surface area contributed by atoms with Crippen molar-refractivity contribution < 1.29 is 32.0 Å². The van der Waals surface area contributed by atoms with Crippen molar-refractivity contribution >= 4 is 27.3 Å². The number of nitrogens with zero attached hydrogens (tertiary/aromatic N) is 2. The van der Waals surface area contributed by atoms with Crippen LogP contribution >= 0.6 is 0 Å². The van der Waals surface area contributed by atoms with E-state index in [1.54, 1.807) is 0 Å².